The fourth-order valence-electron chi connectivity index (χ4n) is 2.23. The summed E-state index contributed by atoms with van der Waals surface area (Å²) in [4.78, 5) is 12.7. The van der Waals surface area contributed by atoms with Crippen LogP contribution in [0, 0.1) is 5.92 Å². The van der Waals surface area contributed by atoms with Gasteiger partial charge in [0.15, 0.2) is 0 Å². The van der Waals surface area contributed by atoms with Gasteiger partial charge >= 0.3 is 5.97 Å². The number of likely N-dealkylation sites (tertiary alicyclic amines) is 1. The molecule has 1 fully saturated rings. The van der Waals surface area contributed by atoms with Crippen molar-refractivity contribution in [2.24, 2.45) is 5.92 Å². The number of carboxylic acids is 1. The molecule has 19 heavy (non-hydrogen) atoms. The molecule has 1 rings (SSSR count). The molecule has 0 spiro atoms. The van der Waals surface area contributed by atoms with E-state index in [0.29, 0.717) is 18.5 Å². The van der Waals surface area contributed by atoms with Gasteiger partial charge in [-0.2, -0.15) is 0 Å². The second-order valence-electron chi connectivity index (χ2n) is 5.41. The molecule has 0 aromatic carbocycles. The van der Waals surface area contributed by atoms with E-state index in [-0.39, 0.29) is 18.6 Å². The summed E-state index contributed by atoms with van der Waals surface area (Å²) in [6, 6.07) is 0.497. The van der Waals surface area contributed by atoms with E-state index in [9.17, 15) is 13.2 Å². The first kappa shape index (κ1) is 16.4. The Labute approximate surface area is 115 Å². The van der Waals surface area contributed by atoms with Gasteiger partial charge in [0.25, 0.3) is 0 Å². The molecule has 0 bridgehead atoms. The zero-order chi connectivity index (χ0) is 14.5. The van der Waals surface area contributed by atoms with Gasteiger partial charge in [-0.1, -0.05) is 0 Å². The number of rotatable bonds is 8. The molecule has 1 atom stereocenters. The van der Waals surface area contributed by atoms with E-state index in [0.717, 1.165) is 19.5 Å². The highest BCUT2D eigenvalue weighted by Crippen LogP contribution is 2.17. The van der Waals surface area contributed by atoms with E-state index in [2.05, 4.69) is 23.5 Å². The fraction of sp³-hybridized carbons (Fsp3) is 0.917. The van der Waals surface area contributed by atoms with E-state index in [1.54, 1.807) is 0 Å². The van der Waals surface area contributed by atoms with Gasteiger partial charge in [0.05, 0.1) is 5.75 Å². The third-order valence-electron chi connectivity index (χ3n) is 3.44. The predicted octanol–water partition coefficient (Wildman–Crippen LogP) is 0.501. The van der Waals surface area contributed by atoms with Crippen LogP contribution in [0.15, 0.2) is 0 Å². The minimum atomic E-state index is -3.33. The summed E-state index contributed by atoms with van der Waals surface area (Å²) in [5.41, 5.74) is 0. The standard InChI is InChI=1S/C12H24N2O4S/c1-10(2)14-6-5-11(9-14)8-13-19(17,18)7-3-4-12(15)16/h10-11,13H,3-9H2,1-2H3,(H,15,16). The van der Waals surface area contributed by atoms with Gasteiger partial charge in [0.2, 0.25) is 10.0 Å². The monoisotopic (exact) mass is 292 g/mol. The van der Waals surface area contributed by atoms with Gasteiger partial charge in [0.1, 0.15) is 0 Å². The number of hydrogen-bond acceptors (Lipinski definition) is 4. The van der Waals surface area contributed by atoms with Crippen LogP contribution in [-0.2, 0) is 14.8 Å². The number of nitrogens with zero attached hydrogens (tertiary/aromatic N) is 1. The maximum absolute atomic E-state index is 11.7. The molecule has 112 valence electrons. The normalized spacial score (nSPS) is 21.1. The molecule has 0 radical (unpaired) electrons. The first-order valence-corrected chi connectivity index (χ1v) is 8.38. The molecule has 0 aromatic heterocycles. The molecule has 0 aromatic rings. The number of aliphatic carboxylic acids is 1. The predicted molar refractivity (Wildman–Crippen MR) is 73.5 cm³/mol. The molecular weight excluding hydrogens is 268 g/mol. The summed E-state index contributed by atoms with van der Waals surface area (Å²) < 4.78 is 25.9. The summed E-state index contributed by atoms with van der Waals surface area (Å²) in [6.45, 7) is 6.67. The number of hydrogen-bond donors (Lipinski definition) is 2. The van der Waals surface area contributed by atoms with Crippen LogP contribution in [0.25, 0.3) is 0 Å². The molecule has 0 saturated carbocycles. The van der Waals surface area contributed by atoms with Gasteiger partial charge in [-0.3, -0.25) is 4.79 Å². The van der Waals surface area contributed by atoms with Crippen molar-refractivity contribution < 1.29 is 18.3 Å². The number of sulfonamides is 1. The SMILES string of the molecule is CC(C)N1CCC(CNS(=O)(=O)CCCC(=O)O)C1. The van der Waals surface area contributed by atoms with Gasteiger partial charge in [-0.15, -0.1) is 0 Å². The second kappa shape index (κ2) is 7.21. The Morgan fingerprint density at radius 1 is 1.47 bits per heavy atom. The lowest BCUT2D eigenvalue weighted by molar-refractivity contribution is -0.137. The average molecular weight is 292 g/mol. The van der Waals surface area contributed by atoms with Crippen molar-refractivity contribution in [3.05, 3.63) is 0 Å². The van der Waals surface area contributed by atoms with E-state index in [4.69, 9.17) is 5.11 Å². The van der Waals surface area contributed by atoms with Crippen molar-refractivity contribution >= 4 is 16.0 Å². The smallest absolute Gasteiger partial charge is 0.303 e. The van der Waals surface area contributed by atoms with Crippen LogP contribution in [0.1, 0.15) is 33.1 Å². The van der Waals surface area contributed by atoms with Gasteiger partial charge < -0.3 is 10.0 Å². The van der Waals surface area contributed by atoms with Crippen LogP contribution >= 0.6 is 0 Å². The molecule has 0 amide bonds. The Morgan fingerprint density at radius 2 is 2.16 bits per heavy atom. The molecule has 1 aliphatic rings. The molecular formula is C12H24N2O4S. The van der Waals surface area contributed by atoms with Crippen LogP contribution in [0.3, 0.4) is 0 Å². The Bertz CT molecular complexity index is 395. The quantitative estimate of drug-likeness (QED) is 0.680. The molecule has 1 unspecified atom stereocenters. The number of nitrogens with one attached hydrogen (secondary N) is 1. The van der Waals surface area contributed by atoms with Crippen molar-refractivity contribution in [1.29, 1.82) is 0 Å². The Morgan fingerprint density at radius 3 is 2.68 bits per heavy atom. The van der Waals surface area contributed by atoms with Crippen LogP contribution in [-0.4, -0.2) is 55.8 Å². The fourth-order valence-corrected chi connectivity index (χ4v) is 3.39. The molecule has 0 aliphatic carbocycles. The van der Waals surface area contributed by atoms with Crippen molar-refractivity contribution in [2.75, 3.05) is 25.4 Å². The largest absolute Gasteiger partial charge is 0.481 e. The molecule has 1 aliphatic heterocycles. The van der Waals surface area contributed by atoms with Crippen LogP contribution in [0.4, 0.5) is 0 Å². The van der Waals surface area contributed by atoms with E-state index in [1.807, 2.05) is 0 Å². The first-order valence-electron chi connectivity index (χ1n) is 6.73. The summed E-state index contributed by atoms with van der Waals surface area (Å²) in [5.74, 6) is -0.713. The first-order chi connectivity index (χ1) is 8.80. The van der Waals surface area contributed by atoms with Gasteiger partial charge in [-0.05, 0) is 39.2 Å². The second-order valence-corrected chi connectivity index (χ2v) is 7.33. The number of carbonyl (C=O) groups is 1. The van der Waals surface area contributed by atoms with E-state index < -0.39 is 16.0 Å². The maximum atomic E-state index is 11.7. The lowest BCUT2D eigenvalue weighted by atomic mass is 10.1. The summed E-state index contributed by atoms with van der Waals surface area (Å²) in [6.07, 6.45) is 1.06. The molecule has 7 heteroatoms. The summed E-state index contributed by atoms with van der Waals surface area (Å²) >= 11 is 0. The van der Waals surface area contributed by atoms with Crippen molar-refractivity contribution in [3.8, 4) is 0 Å². The summed E-state index contributed by atoms with van der Waals surface area (Å²) in [5, 5.41) is 8.47. The maximum Gasteiger partial charge on any atom is 0.303 e. The minimum Gasteiger partial charge on any atom is -0.481 e. The highest BCUT2D eigenvalue weighted by molar-refractivity contribution is 7.89. The van der Waals surface area contributed by atoms with E-state index in [1.165, 1.54) is 0 Å². The van der Waals surface area contributed by atoms with Crippen molar-refractivity contribution in [2.45, 2.75) is 39.2 Å². The van der Waals surface area contributed by atoms with Crippen LogP contribution in [0.5, 0.6) is 0 Å². The highest BCUT2D eigenvalue weighted by atomic mass is 32.2. The Hall–Kier alpha value is -0.660. The Kier molecular flexibility index (Phi) is 6.22. The molecule has 6 nitrogen and oxygen atoms in total. The third kappa shape index (κ3) is 6.35. The van der Waals surface area contributed by atoms with Gasteiger partial charge in [0, 0.05) is 25.6 Å². The van der Waals surface area contributed by atoms with Crippen molar-refractivity contribution in [1.82, 2.24) is 9.62 Å². The van der Waals surface area contributed by atoms with Crippen LogP contribution < -0.4 is 4.72 Å². The van der Waals surface area contributed by atoms with Gasteiger partial charge in [-0.25, -0.2) is 13.1 Å². The molecule has 1 saturated heterocycles. The topological polar surface area (TPSA) is 86.7 Å². The van der Waals surface area contributed by atoms with Crippen molar-refractivity contribution in [3.63, 3.8) is 0 Å². The molecule has 1 heterocycles. The lowest BCUT2D eigenvalue weighted by Crippen LogP contribution is -2.34. The van der Waals surface area contributed by atoms with E-state index >= 15 is 0 Å². The van der Waals surface area contributed by atoms with Crippen LogP contribution in [0.2, 0.25) is 0 Å². The highest BCUT2D eigenvalue weighted by Gasteiger charge is 2.25. The third-order valence-corrected chi connectivity index (χ3v) is 4.88. The zero-order valence-corrected chi connectivity index (χ0v) is 12.4. The lowest BCUT2D eigenvalue weighted by Gasteiger charge is -2.20. The molecule has 2 N–H and O–H groups in total. The minimum absolute atomic E-state index is 0.106. The number of carboxylic acid groups (broad SMARTS) is 1. The summed E-state index contributed by atoms with van der Waals surface area (Å²) in [7, 11) is -3.33. The Balaban J connectivity index is 2.26. The average Bonchev–Trinajstić information content (AvgIpc) is 2.74. The zero-order valence-electron chi connectivity index (χ0n) is 11.6.